The summed E-state index contributed by atoms with van der Waals surface area (Å²) in [5.74, 6) is -1.14. The number of rotatable bonds is 4. The zero-order valence-corrected chi connectivity index (χ0v) is 9.56. The van der Waals surface area contributed by atoms with Gasteiger partial charge in [0.2, 0.25) is 5.91 Å². The van der Waals surface area contributed by atoms with Crippen molar-refractivity contribution in [1.29, 1.82) is 0 Å². The van der Waals surface area contributed by atoms with Crippen molar-refractivity contribution in [2.45, 2.75) is 26.3 Å². The Hall–Kier alpha value is -1.30. The second kappa shape index (κ2) is 4.97. The van der Waals surface area contributed by atoms with E-state index in [1.165, 1.54) is 4.90 Å². The van der Waals surface area contributed by atoms with Crippen LogP contribution in [0.4, 0.5) is 0 Å². The fraction of sp³-hybridized carbons (Fsp3) is 0.778. The van der Waals surface area contributed by atoms with Crippen LogP contribution in [-0.2, 0) is 4.79 Å². The van der Waals surface area contributed by atoms with Crippen molar-refractivity contribution in [2.24, 2.45) is 16.8 Å². The lowest BCUT2D eigenvalue weighted by molar-refractivity contribution is -0.137. The molecule has 0 heterocycles. The molecule has 0 bridgehead atoms. The largest absolute Gasteiger partial charge is 0.409 e. The molecular weight excluding hydrogens is 198 g/mol. The van der Waals surface area contributed by atoms with E-state index in [2.05, 4.69) is 5.16 Å². The fourth-order valence-electron chi connectivity index (χ4n) is 0.908. The van der Waals surface area contributed by atoms with E-state index in [4.69, 9.17) is 16.0 Å². The molecule has 0 aromatic rings. The van der Waals surface area contributed by atoms with Gasteiger partial charge in [0.15, 0.2) is 5.84 Å². The van der Waals surface area contributed by atoms with Crippen molar-refractivity contribution in [3.8, 4) is 0 Å². The molecule has 1 atom stereocenters. The van der Waals surface area contributed by atoms with Crippen molar-refractivity contribution in [2.75, 3.05) is 13.7 Å². The van der Waals surface area contributed by atoms with Gasteiger partial charge in [-0.25, -0.2) is 0 Å². The quantitative estimate of drug-likeness (QED) is 0.258. The minimum absolute atomic E-state index is 0.138. The third-order valence-electron chi connectivity index (χ3n) is 2.56. The summed E-state index contributed by atoms with van der Waals surface area (Å²) in [7, 11) is 1.57. The minimum Gasteiger partial charge on any atom is -0.409 e. The van der Waals surface area contributed by atoms with E-state index >= 15 is 0 Å². The van der Waals surface area contributed by atoms with Gasteiger partial charge in [-0.1, -0.05) is 5.16 Å². The number of hydrogen-bond acceptors (Lipinski definition) is 4. The highest BCUT2D eigenvalue weighted by molar-refractivity contribution is 6.01. The number of hydrogen-bond donors (Lipinski definition) is 3. The Morgan fingerprint density at radius 1 is 1.60 bits per heavy atom. The molecule has 0 aliphatic heterocycles. The van der Waals surface area contributed by atoms with Crippen LogP contribution in [0.1, 0.15) is 20.8 Å². The zero-order chi connectivity index (χ0) is 12.2. The Kier molecular flexibility index (Phi) is 4.54. The first kappa shape index (κ1) is 13.7. The van der Waals surface area contributed by atoms with Crippen LogP contribution >= 0.6 is 0 Å². The molecule has 0 rings (SSSR count). The molecule has 0 saturated carbocycles. The number of amides is 1. The number of carbonyl (C=O) groups is 1. The second-order valence-corrected chi connectivity index (χ2v) is 4.11. The molecular formula is C9H19N3O3. The first-order valence-electron chi connectivity index (χ1n) is 4.64. The van der Waals surface area contributed by atoms with Gasteiger partial charge in [-0.2, -0.15) is 0 Å². The molecule has 6 nitrogen and oxygen atoms in total. The summed E-state index contributed by atoms with van der Waals surface area (Å²) in [5, 5.41) is 20.3. The topological polar surface area (TPSA) is 99.2 Å². The smallest absolute Gasteiger partial charge is 0.233 e. The zero-order valence-electron chi connectivity index (χ0n) is 9.56. The minimum atomic E-state index is -0.703. The summed E-state index contributed by atoms with van der Waals surface area (Å²) in [6.45, 7) is 4.84. The highest BCUT2D eigenvalue weighted by Gasteiger charge is 2.31. The molecule has 1 unspecified atom stereocenters. The van der Waals surface area contributed by atoms with Gasteiger partial charge in [0.1, 0.15) is 0 Å². The van der Waals surface area contributed by atoms with E-state index in [1.807, 2.05) is 0 Å². The third kappa shape index (κ3) is 3.09. The van der Waals surface area contributed by atoms with Gasteiger partial charge in [-0.05, 0) is 20.8 Å². The highest BCUT2D eigenvalue weighted by Crippen LogP contribution is 2.14. The normalized spacial score (nSPS) is 14.9. The molecule has 0 aromatic heterocycles. The van der Waals surface area contributed by atoms with E-state index in [0.717, 1.165) is 0 Å². The predicted octanol–water partition coefficient (Wildman–Crippen LogP) is -0.402. The van der Waals surface area contributed by atoms with Crippen molar-refractivity contribution in [3.05, 3.63) is 0 Å². The Bertz CT molecular complexity index is 263. The number of amidine groups is 1. The van der Waals surface area contributed by atoms with Crippen LogP contribution in [0, 0.1) is 5.92 Å². The summed E-state index contributed by atoms with van der Waals surface area (Å²) < 4.78 is 0. The molecule has 0 spiro atoms. The summed E-state index contributed by atoms with van der Waals surface area (Å²) in [5.41, 5.74) is 4.66. The molecule has 0 saturated heterocycles. The maximum Gasteiger partial charge on any atom is 0.233 e. The van der Waals surface area contributed by atoms with Crippen molar-refractivity contribution in [3.63, 3.8) is 0 Å². The summed E-state index contributed by atoms with van der Waals surface area (Å²) in [6.07, 6.45) is 0. The van der Waals surface area contributed by atoms with E-state index in [0.29, 0.717) is 0 Å². The molecule has 0 radical (unpaired) electrons. The summed E-state index contributed by atoms with van der Waals surface area (Å²) in [6, 6.07) is 0. The standard InChI is InChI=1S/C9H19N3O3/c1-6(7(10)11-15)8(14)12(4)9(2,3)5-13/h6,13,15H,5H2,1-4H3,(H2,10,11). The number of aliphatic hydroxyl groups is 1. The van der Waals surface area contributed by atoms with E-state index < -0.39 is 11.5 Å². The average molecular weight is 217 g/mol. The Labute approximate surface area is 89.4 Å². The van der Waals surface area contributed by atoms with Crippen molar-refractivity contribution in [1.82, 2.24) is 4.90 Å². The molecule has 6 heteroatoms. The van der Waals surface area contributed by atoms with Crippen LogP contribution in [0.25, 0.3) is 0 Å². The maximum atomic E-state index is 11.8. The van der Waals surface area contributed by atoms with Gasteiger partial charge >= 0.3 is 0 Å². The van der Waals surface area contributed by atoms with Gasteiger partial charge in [-0.3, -0.25) is 4.79 Å². The number of nitrogens with zero attached hydrogens (tertiary/aromatic N) is 2. The first-order valence-corrected chi connectivity index (χ1v) is 4.64. The van der Waals surface area contributed by atoms with E-state index in [1.54, 1.807) is 27.8 Å². The number of carbonyl (C=O) groups excluding carboxylic acids is 1. The molecule has 0 fully saturated rings. The number of likely N-dealkylation sites (N-methyl/N-ethyl adjacent to an activating group) is 1. The number of aliphatic hydroxyl groups excluding tert-OH is 1. The second-order valence-electron chi connectivity index (χ2n) is 4.11. The lowest BCUT2D eigenvalue weighted by Crippen LogP contribution is -2.51. The van der Waals surface area contributed by atoms with E-state index in [-0.39, 0.29) is 18.3 Å². The van der Waals surface area contributed by atoms with Crippen molar-refractivity contribution >= 4 is 11.7 Å². The van der Waals surface area contributed by atoms with Crippen LogP contribution in [0.5, 0.6) is 0 Å². The highest BCUT2D eigenvalue weighted by atomic mass is 16.4. The molecule has 15 heavy (non-hydrogen) atoms. The van der Waals surface area contributed by atoms with Gasteiger partial charge in [0.25, 0.3) is 0 Å². The van der Waals surface area contributed by atoms with Gasteiger partial charge in [-0.15, -0.1) is 0 Å². The monoisotopic (exact) mass is 217 g/mol. The molecule has 0 aliphatic carbocycles. The predicted molar refractivity (Wildman–Crippen MR) is 56.5 cm³/mol. The lowest BCUT2D eigenvalue weighted by Gasteiger charge is -2.35. The Morgan fingerprint density at radius 2 is 2.07 bits per heavy atom. The van der Waals surface area contributed by atoms with Crippen LogP contribution in [-0.4, -0.2) is 46.1 Å². The number of nitrogens with two attached hydrogens (primary N) is 1. The molecule has 1 amide bonds. The van der Waals surface area contributed by atoms with Crippen molar-refractivity contribution < 1.29 is 15.1 Å². The molecule has 0 aliphatic rings. The Balaban J connectivity index is 4.73. The summed E-state index contributed by atoms with van der Waals surface area (Å²) >= 11 is 0. The van der Waals surface area contributed by atoms with Crippen LogP contribution in [0.3, 0.4) is 0 Å². The molecule has 0 aromatic carbocycles. The lowest BCUT2D eigenvalue weighted by atomic mass is 10.0. The van der Waals surface area contributed by atoms with Crippen LogP contribution < -0.4 is 5.73 Å². The SMILES string of the molecule is CC(C(=O)N(C)C(C)(C)CO)C(N)=NO. The van der Waals surface area contributed by atoms with Crippen LogP contribution in [0.15, 0.2) is 5.16 Å². The first-order chi connectivity index (χ1) is 6.77. The summed E-state index contributed by atoms with van der Waals surface area (Å²) in [4.78, 5) is 13.2. The van der Waals surface area contributed by atoms with Gasteiger partial charge < -0.3 is 20.9 Å². The third-order valence-corrected chi connectivity index (χ3v) is 2.56. The van der Waals surface area contributed by atoms with Gasteiger partial charge in [0, 0.05) is 7.05 Å². The number of oxime groups is 1. The van der Waals surface area contributed by atoms with Gasteiger partial charge in [0.05, 0.1) is 18.1 Å². The molecule has 88 valence electrons. The molecule has 4 N–H and O–H groups in total. The maximum absolute atomic E-state index is 11.8. The Morgan fingerprint density at radius 3 is 2.40 bits per heavy atom. The fourth-order valence-corrected chi connectivity index (χ4v) is 0.908. The average Bonchev–Trinajstić information content (AvgIpc) is 2.24. The van der Waals surface area contributed by atoms with Crippen LogP contribution in [0.2, 0.25) is 0 Å². The van der Waals surface area contributed by atoms with E-state index in [9.17, 15) is 4.79 Å².